The fraction of sp³-hybridized carbons (Fsp3) is 1.00. The van der Waals surface area contributed by atoms with Gasteiger partial charge in [-0.2, -0.15) is 0 Å². The van der Waals surface area contributed by atoms with Gasteiger partial charge in [0.25, 0.3) is 6.69 Å². The van der Waals surface area contributed by atoms with Crippen molar-refractivity contribution < 1.29 is 0 Å². The van der Waals surface area contributed by atoms with Crippen LogP contribution in [0.15, 0.2) is 0 Å². The molecule has 1 aliphatic heterocycles. The van der Waals surface area contributed by atoms with Gasteiger partial charge in [-0.3, -0.25) is 0 Å². The van der Waals surface area contributed by atoms with Crippen molar-refractivity contribution in [1.82, 2.24) is 0 Å². The molecule has 0 saturated carbocycles. The lowest BCUT2D eigenvalue weighted by atomic mass is 11.0. The summed E-state index contributed by atoms with van der Waals surface area (Å²) in [6.45, 7) is -1.42. The molecule has 0 radical (unpaired) electrons. The van der Waals surface area contributed by atoms with Gasteiger partial charge in [-0.05, 0) is 12.1 Å². The van der Waals surface area contributed by atoms with Crippen LogP contribution >= 0.6 is 22.2 Å². The first kappa shape index (κ1) is 3.97. The number of hydrogen-bond donors (Lipinski definition) is 0. The van der Waals surface area contributed by atoms with Gasteiger partial charge in [-0.25, -0.2) is 0 Å². The maximum absolute atomic E-state index is 5.55. The average molecular weight is 127 g/mol. The molecule has 1 rings (SSSR count). The molecule has 0 N–H and O–H groups in total. The third kappa shape index (κ3) is 1.12. The van der Waals surface area contributed by atoms with E-state index in [1.54, 1.807) is 0 Å². The van der Waals surface area contributed by atoms with Gasteiger partial charge < -0.3 is 0 Å². The number of halogens is 2. The summed E-state index contributed by atoms with van der Waals surface area (Å²) < 4.78 is 0. The van der Waals surface area contributed by atoms with E-state index in [0.717, 1.165) is 12.1 Å². The minimum absolute atomic E-state index is 1.12. The van der Waals surface area contributed by atoms with Crippen molar-refractivity contribution >= 4 is 28.9 Å². The molecule has 1 saturated heterocycles. The monoisotopic (exact) mass is 126 g/mol. The fourth-order valence-electron chi connectivity index (χ4n) is 0.0945. The highest BCUT2D eigenvalue weighted by molar-refractivity contribution is 7.50. The van der Waals surface area contributed by atoms with E-state index in [-0.39, 0.29) is 0 Å². The van der Waals surface area contributed by atoms with Crippen molar-refractivity contribution in [3.05, 3.63) is 0 Å². The predicted molar refractivity (Wildman–Crippen MR) is 27.1 cm³/mol. The highest BCUT2D eigenvalue weighted by Crippen LogP contribution is 2.43. The van der Waals surface area contributed by atoms with Gasteiger partial charge in [0.2, 0.25) is 0 Å². The van der Waals surface area contributed by atoms with E-state index in [0.29, 0.717) is 0 Å². The zero-order valence-electron chi connectivity index (χ0n) is 2.67. The van der Waals surface area contributed by atoms with E-state index in [1.165, 1.54) is 0 Å². The third-order valence-corrected chi connectivity index (χ3v) is 4.15. The molecule has 0 aliphatic carbocycles. The SMILES string of the molecule is Cl[Si]1(Cl)CC1. The molecule has 0 unspecified atom stereocenters. The summed E-state index contributed by atoms with van der Waals surface area (Å²) >= 11 is 11.1. The van der Waals surface area contributed by atoms with E-state index in [4.69, 9.17) is 22.2 Å². The molecule has 30 valence electrons. The Kier molecular flexibility index (Phi) is 0.709. The highest BCUT2D eigenvalue weighted by Gasteiger charge is 2.42. The van der Waals surface area contributed by atoms with E-state index in [2.05, 4.69) is 0 Å². The van der Waals surface area contributed by atoms with Crippen LogP contribution in [0.3, 0.4) is 0 Å². The van der Waals surface area contributed by atoms with Crippen LogP contribution in [0.5, 0.6) is 0 Å². The molecular weight excluding hydrogens is 123 g/mol. The molecule has 0 aromatic heterocycles. The molecule has 0 aromatic carbocycles. The molecule has 0 atom stereocenters. The van der Waals surface area contributed by atoms with Gasteiger partial charge in [-0.15, -0.1) is 22.2 Å². The first-order chi connectivity index (χ1) is 2.21. The molecular formula is C2H4Cl2Si. The second kappa shape index (κ2) is 0.894. The minimum atomic E-state index is -1.42. The fourth-order valence-corrected chi connectivity index (χ4v) is 2.55. The van der Waals surface area contributed by atoms with Crippen molar-refractivity contribution in [2.24, 2.45) is 0 Å². The average Bonchev–Trinajstić information content (AvgIpc) is 1.76. The molecule has 0 nitrogen and oxygen atoms in total. The normalized spacial score (nSPS) is 30.0. The summed E-state index contributed by atoms with van der Waals surface area (Å²) in [5.41, 5.74) is 0. The van der Waals surface area contributed by atoms with Crippen LogP contribution in [0.1, 0.15) is 0 Å². The minimum Gasteiger partial charge on any atom is -0.146 e. The second-order valence-electron chi connectivity index (χ2n) is 1.36. The lowest BCUT2D eigenvalue weighted by molar-refractivity contribution is 1.69. The molecule has 3 heteroatoms. The van der Waals surface area contributed by atoms with Crippen molar-refractivity contribution in [1.29, 1.82) is 0 Å². The van der Waals surface area contributed by atoms with Gasteiger partial charge >= 0.3 is 0 Å². The Balaban J connectivity index is 2.38. The largest absolute Gasteiger partial charge is 0.251 e. The first-order valence-electron chi connectivity index (χ1n) is 1.59. The molecule has 0 amide bonds. The van der Waals surface area contributed by atoms with Crippen molar-refractivity contribution in [3.63, 3.8) is 0 Å². The van der Waals surface area contributed by atoms with Crippen molar-refractivity contribution in [3.8, 4) is 0 Å². The van der Waals surface area contributed by atoms with Gasteiger partial charge in [0, 0.05) is 0 Å². The van der Waals surface area contributed by atoms with Crippen LogP contribution in [0, 0.1) is 0 Å². The lowest BCUT2D eigenvalue weighted by Crippen LogP contribution is -1.83. The topological polar surface area (TPSA) is 0 Å². The maximum atomic E-state index is 5.55. The van der Waals surface area contributed by atoms with E-state index in [1.807, 2.05) is 0 Å². The smallest absolute Gasteiger partial charge is 0.146 e. The molecule has 0 bridgehead atoms. The zero-order chi connectivity index (χ0) is 3.91. The zero-order valence-corrected chi connectivity index (χ0v) is 5.18. The van der Waals surface area contributed by atoms with Gasteiger partial charge in [0.15, 0.2) is 0 Å². The van der Waals surface area contributed by atoms with Gasteiger partial charge in [-0.1, -0.05) is 0 Å². The van der Waals surface area contributed by atoms with Crippen LogP contribution in [0.25, 0.3) is 0 Å². The first-order valence-corrected chi connectivity index (χ1v) is 6.02. The summed E-state index contributed by atoms with van der Waals surface area (Å²) in [6, 6.07) is 2.24. The van der Waals surface area contributed by atoms with E-state index in [9.17, 15) is 0 Å². The number of hydrogen-bond acceptors (Lipinski definition) is 0. The van der Waals surface area contributed by atoms with Crippen LogP contribution in [0.2, 0.25) is 12.1 Å². The molecule has 1 fully saturated rings. The third-order valence-electron chi connectivity index (χ3n) is 0.628. The van der Waals surface area contributed by atoms with E-state index >= 15 is 0 Å². The summed E-state index contributed by atoms with van der Waals surface area (Å²) in [7, 11) is 0. The van der Waals surface area contributed by atoms with Crippen LogP contribution in [0.4, 0.5) is 0 Å². The Morgan fingerprint density at radius 2 is 1.40 bits per heavy atom. The van der Waals surface area contributed by atoms with E-state index < -0.39 is 6.69 Å². The lowest BCUT2D eigenvalue weighted by Gasteiger charge is -1.74. The molecule has 1 aliphatic rings. The molecule has 0 spiro atoms. The second-order valence-corrected chi connectivity index (χ2v) is 8.99. The van der Waals surface area contributed by atoms with Gasteiger partial charge in [0.05, 0.1) is 0 Å². The highest BCUT2D eigenvalue weighted by atomic mass is 35.7. The Hall–Kier alpha value is 0.797. The predicted octanol–water partition coefficient (Wildman–Crippen LogP) is 1.92. The molecule has 0 aromatic rings. The van der Waals surface area contributed by atoms with Crippen molar-refractivity contribution in [2.45, 2.75) is 12.1 Å². The Morgan fingerprint density at radius 3 is 1.40 bits per heavy atom. The Labute approximate surface area is 41.5 Å². The summed E-state index contributed by atoms with van der Waals surface area (Å²) in [5.74, 6) is 0. The number of rotatable bonds is 0. The van der Waals surface area contributed by atoms with Crippen LogP contribution in [-0.4, -0.2) is 6.69 Å². The Morgan fingerprint density at radius 1 is 1.20 bits per heavy atom. The van der Waals surface area contributed by atoms with Gasteiger partial charge in [0.1, 0.15) is 0 Å². The maximum Gasteiger partial charge on any atom is 0.251 e. The summed E-state index contributed by atoms with van der Waals surface area (Å²) in [5, 5.41) is 0. The van der Waals surface area contributed by atoms with Crippen LogP contribution in [-0.2, 0) is 0 Å². The summed E-state index contributed by atoms with van der Waals surface area (Å²) in [4.78, 5) is 0. The van der Waals surface area contributed by atoms with Crippen molar-refractivity contribution in [2.75, 3.05) is 0 Å². The quantitative estimate of drug-likeness (QED) is 0.344. The molecule has 5 heavy (non-hydrogen) atoms. The standard InChI is InChI=1S/C2H4Cl2Si/c3-5(4)1-2-5/h1-2H2. The summed E-state index contributed by atoms with van der Waals surface area (Å²) in [6.07, 6.45) is 0. The Bertz CT molecular complexity index is 45.6. The molecule has 1 heterocycles. The van der Waals surface area contributed by atoms with Crippen LogP contribution < -0.4 is 0 Å².